The second-order valence-corrected chi connectivity index (χ2v) is 29.1. The third kappa shape index (κ3) is 18.7. The predicted molar refractivity (Wildman–Crippen MR) is 414 cm³/mol. The van der Waals surface area contributed by atoms with Gasteiger partial charge in [0.25, 0.3) is 17.7 Å². The van der Waals surface area contributed by atoms with Crippen molar-refractivity contribution >= 4 is 85.7 Å². The number of aromatic nitrogens is 9. The molecule has 3 aliphatic heterocycles. The van der Waals surface area contributed by atoms with E-state index < -0.39 is 34.0 Å². The Morgan fingerprint density at radius 1 is 0.430 bits per heavy atom. The van der Waals surface area contributed by atoms with Crippen molar-refractivity contribution in [2.75, 3.05) is 96.2 Å². The Morgan fingerprint density at radius 3 is 1.12 bits per heavy atom. The highest BCUT2D eigenvalue weighted by Crippen LogP contribution is 2.38. The van der Waals surface area contributed by atoms with Gasteiger partial charge in [-0.15, -0.1) is 0 Å². The molecule has 3 aliphatic carbocycles. The lowest BCUT2D eigenvalue weighted by Gasteiger charge is -2.29. The predicted octanol–water partition coefficient (Wildman–Crippen LogP) is 11.9. The van der Waals surface area contributed by atoms with Gasteiger partial charge in [0.1, 0.15) is 33.6 Å². The van der Waals surface area contributed by atoms with Crippen LogP contribution in [-0.4, -0.2) is 156 Å². The van der Waals surface area contributed by atoms with E-state index in [0.29, 0.717) is 76.0 Å². The summed E-state index contributed by atoms with van der Waals surface area (Å²) in [5.74, 6) is 0.782. The first-order valence-corrected chi connectivity index (χ1v) is 38.3. The van der Waals surface area contributed by atoms with Gasteiger partial charge in [0.2, 0.25) is 34.1 Å². The average Bonchev–Trinajstić information content (AvgIpc) is 1.75. The van der Waals surface area contributed by atoms with Gasteiger partial charge < -0.3 is 44.4 Å². The summed E-state index contributed by atoms with van der Waals surface area (Å²) < 4.78 is 5.88. The molecule has 27 heteroatoms. The van der Waals surface area contributed by atoms with Gasteiger partial charge in [0.05, 0.1) is 36.5 Å². The number of pyridine rings is 3. The molecule has 9 heterocycles. The van der Waals surface area contributed by atoms with Crippen LogP contribution in [0.15, 0.2) is 124 Å². The summed E-state index contributed by atoms with van der Waals surface area (Å²) in [6.45, 7) is 12.2. The SMILES string of the molecule is CCONC(=O)c1cn(C2CC2)c2nc(Nc3ccc(CCN4CCCC4)cc3)ncc2c1=O.CCONC(=O)c1cn(C2CCCCC2)c2nc(Nc3ccc(C4CCN(C)CC4)cc3)ncc2c1=O.CONC(=O)c1cn(C2CCCCC2)c2nc(Nc3ccc(C4CCN(C)CC4)cc3)ncc2c1=O. The van der Waals surface area contributed by atoms with E-state index in [9.17, 15) is 28.8 Å². The molecule has 3 saturated heterocycles. The highest BCUT2D eigenvalue weighted by molar-refractivity contribution is 5.98. The summed E-state index contributed by atoms with van der Waals surface area (Å²) >= 11 is 0. The zero-order valence-corrected chi connectivity index (χ0v) is 62.1. The van der Waals surface area contributed by atoms with Crippen LogP contribution in [-0.2, 0) is 20.9 Å². The number of anilines is 6. The molecule has 6 fully saturated rings. The molecule has 3 aromatic carbocycles. The molecule has 6 aromatic heterocycles. The average molecular weight is 1460 g/mol. The van der Waals surface area contributed by atoms with Crippen LogP contribution in [0.25, 0.3) is 33.1 Å². The molecule has 0 atom stereocenters. The highest BCUT2D eigenvalue weighted by Gasteiger charge is 2.30. The first kappa shape index (κ1) is 75.3. The zero-order chi connectivity index (χ0) is 74.3. The third-order valence-corrected chi connectivity index (χ3v) is 21.6. The van der Waals surface area contributed by atoms with Gasteiger partial charge in [-0.2, -0.15) is 15.0 Å². The molecule has 107 heavy (non-hydrogen) atoms. The second kappa shape index (κ2) is 35.7. The van der Waals surface area contributed by atoms with Crippen molar-refractivity contribution < 1.29 is 28.9 Å². The summed E-state index contributed by atoms with van der Waals surface area (Å²) in [7, 11) is 5.70. The number of benzene rings is 3. The minimum atomic E-state index is -0.569. The molecule has 27 nitrogen and oxygen atoms in total. The van der Waals surface area contributed by atoms with Crippen LogP contribution in [0.1, 0.15) is 207 Å². The minimum absolute atomic E-state index is 0.0293. The smallest absolute Gasteiger partial charge is 0.280 e. The number of hydrogen-bond donors (Lipinski definition) is 6. The molecule has 0 radical (unpaired) electrons. The number of piperidine rings is 2. The standard InChI is InChI=1S/C28H36N6O3.C27H34N6O3.C25H30N6O3/c1-3-37-32-27(36)24-18-34(22-7-5-4-6-8-22)26-23(25(24)35)17-29-28(31-26)30-21-11-9-19(10-12-21)20-13-15-33(2)16-14-20;1-32-14-12-19(13-15-32)18-8-10-20(11-9-18)29-27-28-16-22-24(34)23(26(35)31-36-2)17-33(25(22)30-27)21-6-4-3-5-7-21;1-2-34-29-24(33)21-16-31(19-9-10-19)23-20(22(21)32)15-26-25(28-23)27-18-7-5-17(6-8-18)11-14-30-12-3-4-13-30/h9-12,17-18,20,22H,3-8,13-16H2,1-2H3,(H,32,36)(H,29,30,31);8-11,16-17,19,21H,3-7,12-15H2,1-2H3,(H,31,35)(H,28,29,30);5-8,15-16,19H,2-4,9-14H2,1H3,(H,29,33)(H,26,27,28). The van der Waals surface area contributed by atoms with E-state index in [0.717, 1.165) is 120 Å². The van der Waals surface area contributed by atoms with Crippen molar-refractivity contribution in [3.8, 4) is 0 Å². The van der Waals surface area contributed by atoms with Crippen LogP contribution in [0.5, 0.6) is 0 Å². The summed E-state index contributed by atoms with van der Waals surface area (Å²) in [4.78, 5) is 126. The van der Waals surface area contributed by atoms with Gasteiger partial charge in [0.15, 0.2) is 0 Å². The number of rotatable bonds is 22. The molecule has 6 aliphatic rings. The second-order valence-electron chi connectivity index (χ2n) is 29.1. The number of hydroxylamine groups is 3. The number of carbonyl (C=O) groups excluding carboxylic acids is 3. The van der Waals surface area contributed by atoms with Crippen molar-refractivity contribution in [3.63, 3.8) is 0 Å². The zero-order valence-electron chi connectivity index (χ0n) is 62.1. The van der Waals surface area contributed by atoms with Crippen LogP contribution in [0.2, 0.25) is 0 Å². The lowest BCUT2D eigenvalue weighted by atomic mass is 9.89. The molecule has 564 valence electrons. The Balaban J connectivity index is 0.000000142. The van der Waals surface area contributed by atoms with Gasteiger partial charge in [-0.05, 0) is 216 Å². The molecule has 0 spiro atoms. The molecule has 3 saturated carbocycles. The van der Waals surface area contributed by atoms with Gasteiger partial charge in [-0.25, -0.2) is 31.4 Å². The van der Waals surface area contributed by atoms with Crippen molar-refractivity contribution in [1.82, 2.24) is 74.7 Å². The number of nitrogens with one attached hydrogen (secondary N) is 6. The number of hydrogen-bond acceptors (Lipinski definition) is 21. The van der Waals surface area contributed by atoms with Gasteiger partial charge in [-0.3, -0.25) is 43.3 Å². The van der Waals surface area contributed by atoms with Crippen molar-refractivity contribution in [1.29, 1.82) is 0 Å². The monoisotopic (exact) mass is 1460 g/mol. The van der Waals surface area contributed by atoms with E-state index in [1.54, 1.807) is 32.4 Å². The lowest BCUT2D eigenvalue weighted by molar-refractivity contribution is 0.0361. The minimum Gasteiger partial charge on any atom is -0.328 e. The van der Waals surface area contributed by atoms with Crippen LogP contribution in [0.4, 0.5) is 34.9 Å². The Morgan fingerprint density at radius 2 is 0.776 bits per heavy atom. The fraction of sp³-hybridized carbons (Fsp3) is 0.475. The van der Waals surface area contributed by atoms with Crippen LogP contribution < -0.4 is 48.7 Å². The van der Waals surface area contributed by atoms with Crippen LogP contribution in [0.3, 0.4) is 0 Å². The maximum atomic E-state index is 13.2. The Labute approximate surface area is 622 Å². The van der Waals surface area contributed by atoms with Crippen LogP contribution in [0, 0.1) is 0 Å². The Hall–Kier alpha value is -9.90. The molecule has 6 N–H and O–H groups in total. The first-order valence-electron chi connectivity index (χ1n) is 38.3. The summed E-state index contributed by atoms with van der Waals surface area (Å²) in [5, 5.41) is 10.8. The molecular weight excluding hydrogens is 1360 g/mol. The van der Waals surface area contributed by atoms with Crippen LogP contribution >= 0.6 is 0 Å². The van der Waals surface area contributed by atoms with E-state index in [-0.39, 0.29) is 34.8 Å². The van der Waals surface area contributed by atoms with E-state index in [2.05, 4.69) is 142 Å². The summed E-state index contributed by atoms with van der Waals surface area (Å²) in [6, 6.07) is 25.9. The molecule has 3 amide bonds. The largest absolute Gasteiger partial charge is 0.328 e. The lowest BCUT2D eigenvalue weighted by Crippen LogP contribution is -2.31. The van der Waals surface area contributed by atoms with Gasteiger partial charge in [-0.1, -0.05) is 74.9 Å². The highest BCUT2D eigenvalue weighted by atomic mass is 16.7. The summed E-state index contributed by atoms with van der Waals surface area (Å²) in [6.07, 6.45) is 30.5. The quantitative estimate of drug-likeness (QED) is 0.0344. The first-order chi connectivity index (χ1) is 52.2. The van der Waals surface area contributed by atoms with E-state index >= 15 is 0 Å². The van der Waals surface area contributed by atoms with Gasteiger partial charge >= 0.3 is 0 Å². The van der Waals surface area contributed by atoms with E-state index in [1.807, 2.05) is 25.8 Å². The number of amides is 3. The van der Waals surface area contributed by atoms with E-state index in [1.165, 1.54) is 107 Å². The number of fused-ring (bicyclic) bond motifs is 3. The van der Waals surface area contributed by atoms with E-state index in [4.69, 9.17) is 24.5 Å². The fourth-order valence-electron chi connectivity index (χ4n) is 15.3. The van der Waals surface area contributed by atoms with Crippen molar-refractivity contribution in [3.05, 3.63) is 174 Å². The maximum absolute atomic E-state index is 13.2. The number of likely N-dealkylation sites (tertiary alicyclic amines) is 3. The molecule has 0 bridgehead atoms. The fourth-order valence-corrected chi connectivity index (χ4v) is 15.3. The van der Waals surface area contributed by atoms with Gasteiger partial charge in [0, 0.05) is 78.9 Å². The number of nitrogens with zero attached hydrogens (tertiary/aromatic N) is 12. The van der Waals surface area contributed by atoms with Crippen molar-refractivity contribution in [2.45, 2.75) is 166 Å². The normalized spacial score (nSPS) is 17.2. The molecular formula is C80H100N18O9. The third-order valence-electron chi connectivity index (χ3n) is 21.6. The number of carbonyl (C=O) groups is 3. The Kier molecular flexibility index (Phi) is 25.1. The topological polar surface area (TPSA) is 304 Å². The van der Waals surface area contributed by atoms with Crippen molar-refractivity contribution in [2.24, 2.45) is 0 Å². The molecule has 0 unspecified atom stereocenters. The Bertz CT molecular complexity index is 4740. The maximum Gasteiger partial charge on any atom is 0.280 e. The summed E-state index contributed by atoms with van der Waals surface area (Å²) in [5.41, 5.74) is 14.1. The molecule has 15 rings (SSSR count). The molecule has 9 aromatic rings.